The molecule has 4 rings (SSSR count). The predicted octanol–water partition coefficient (Wildman–Crippen LogP) is 9.72. The topological polar surface area (TPSA) is 9.23 Å². The van der Waals surface area contributed by atoms with E-state index in [0.29, 0.717) is 6.61 Å². The fraction of sp³-hybridized carbons (Fsp3) is 0.750. The summed E-state index contributed by atoms with van der Waals surface area (Å²) in [5, 5.41) is 0. The summed E-state index contributed by atoms with van der Waals surface area (Å²) in [6, 6.07) is 8.99. The number of hydrogen-bond acceptors (Lipinski definition) is 1. The normalized spacial score (nSPS) is 32.5. The molecule has 0 N–H and O–H groups in total. The third-order valence-corrected chi connectivity index (χ3v) is 9.60. The van der Waals surface area contributed by atoms with Crippen LogP contribution in [0.5, 0.6) is 5.75 Å². The monoisotopic (exact) mass is 450 g/mol. The van der Waals surface area contributed by atoms with Crippen molar-refractivity contribution in [2.24, 2.45) is 29.6 Å². The van der Waals surface area contributed by atoms with Crippen LogP contribution in [0.4, 0.5) is 0 Å². The summed E-state index contributed by atoms with van der Waals surface area (Å²) in [4.78, 5) is 0. The highest BCUT2D eigenvalue weighted by Gasteiger charge is 2.38. The van der Waals surface area contributed by atoms with Crippen LogP contribution in [0, 0.1) is 29.6 Å². The van der Waals surface area contributed by atoms with Gasteiger partial charge in [-0.15, -0.1) is 0 Å². The van der Waals surface area contributed by atoms with E-state index in [1.54, 1.807) is 32.1 Å². The molecule has 33 heavy (non-hydrogen) atoms. The Morgan fingerprint density at radius 3 is 2.15 bits per heavy atom. The van der Waals surface area contributed by atoms with Crippen molar-refractivity contribution in [3.63, 3.8) is 0 Å². The summed E-state index contributed by atoms with van der Waals surface area (Å²) in [7, 11) is 0. The molecular weight excluding hydrogens is 400 g/mol. The van der Waals surface area contributed by atoms with Crippen LogP contribution >= 0.6 is 0 Å². The van der Waals surface area contributed by atoms with E-state index < -0.39 is 0 Å². The predicted molar refractivity (Wildman–Crippen MR) is 142 cm³/mol. The van der Waals surface area contributed by atoms with Gasteiger partial charge in [0.15, 0.2) is 0 Å². The molecule has 0 radical (unpaired) electrons. The number of benzene rings is 1. The third kappa shape index (κ3) is 7.12. The number of allylic oxidation sites excluding steroid dienone is 1. The first-order valence-electron chi connectivity index (χ1n) is 14.6. The quantitative estimate of drug-likeness (QED) is 0.254. The highest BCUT2D eigenvalue weighted by molar-refractivity contribution is 5.30. The smallest absolute Gasteiger partial charge is 0.119 e. The Hall–Kier alpha value is -1.24. The number of rotatable bonds is 10. The molecule has 1 heteroatoms. The SMILES string of the molecule is C/C=C/COc1ccc(C2CCC(C3CCC4CC(CCCCCC)CCC4C3)CC2)cc1. The zero-order chi connectivity index (χ0) is 22.9. The van der Waals surface area contributed by atoms with Gasteiger partial charge in [0.1, 0.15) is 12.4 Å². The summed E-state index contributed by atoms with van der Waals surface area (Å²) >= 11 is 0. The Balaban J connectivity index is 1.18. The van der Waals surface area contributed by atoms with Crippen molar-refractivity contribution in [3.05, 3.63) is 42.0 Å². The fourth-order valence-electron chi connectivity index (χ4n) is 7.57. The molecule has 4 atom stereocenters. The Labute approximate surface area is 204 Å². The molecule has 1 aromatic carbocycles. The van der Waals surface area contributed by atoms with Gasteiger partial charge in [0.05, 0.1) is 0 Å². The van der Waals surface area contributed by atoms with E-state index in [4.69, 9.17) is 4.74 Å². The second-order valence-corrected chi connectivity index (χ2v) is 11.7. The molecule has 0 aliphatic heterocycles. The molecular formula is C32H50O. The minimum atomic E-state index is 0.670. The number of unbranched alkanes of at least 4 members (excludes halogenated alkanes) is 3. The Morgan fingerprint density at radius 1 is 0.758 bits per heavy atom. The molecule has 0 spiro atoms. The van der Waals surface area contributed by atoms with Crippen molar-refractivity contribution < 1.29 is 4.74 Å². The van der Waals surface area contributed by atoms with E-state index in [9.17, 15) is 0 Å². The van der Waals surface area contributed by atoms with Gasteiger partial charge in [-0.2, -0.15) is 0 Å². The lowest BCUT2D eigenvalue weighted by atomic mass is 9.60. The van der Waals surface area contributed by atoms with Gasteiger partial charge in [-0.1, -0.05) is 69.7 Å². The zero-order valence-corrected chi connectivity index (χ0v) is 21.7. The van der Waals surface area contributed by atoms with Crippen LogP contribution in [0.3, 0.4) is 0 Å². The van der Waals surface area contributed by atoms with E-state index in [0.717, 1.165) is 41.3 Å². The van der Waals surface area contributed by atoms with Crippen LogP contribution in [0.15, 0.2) is 36.4 Å². The Kier molecular flexibility index (Phi) is 9.81. The molecule has 0 bridgehead atoms. The van der Waals surface area contributed by atoms with Gasteiger partial charge in [0.25, 0.3) is 0 Å². The van der Waals surface area contributed by atoms with Gasteiger partial charge >= 0.3 is 0 Å². The highest BCUT2D eigenvalue weighted by atomic mass is 16.5. The van der Waals surface area contributed by atoms with Gasteiger partial charge in [-0.3, -0.25) is 0 Å². The van der Waals surface area contributed by atoms with E-state index in [1.165, 1.54) is 69.8 Å². The Morgan fingerprint density at radius 2 is 1.42 bits per heavy atom. The van der Waals surface area contributed by atoms with Gasteiger partial charge in [-0.05, 0) is 118 Å². The van der Waals surface area contributed by atoms with Crippen LogP contribution in [0.25, 0.3) is 0 Å². The molecule has 3 saturated carbocycles. The van der Waals surface area contributed by atoms with Crippen molar-refractivity contribution in [2.45, 2.75) is 116 Å². The van der Waals surface area contributed by atoms with Gasteiger partial charge < -0.3 is 4.74 Å². The maximum atomic E-state index is 5.78. The summed E-state index contributed by atoms with van der Waals surface area (Å²) in [5.74, 6) is 7.03. The maximum Gasteiger partial charge on any atom is 0.119 e. The molecule has 0 heterocycles. The van der Waals surface area contributed by atoms with Crippen LogP contribution in [0.2, 0.25) is 0 Å². The molecule has 1 nitrogen and oxygen atoms in total. The van der Waals surface area contributed by atoms with Crippen LogP contribution < -0.4 is 4.74 Å². The number of ether oxygens (including phenoxy) is 1. The van der Waals surface area contributed by atoms with Crippen molar-refractivity contribution in [3.8, 4) is 5.75 Å². The molecule has 3 aliphatic carbocycles. The molecule has 184 valence electrons. The van der Waals surface area contributed by atoms with E-state index in [1.807, 2.05) is 13.0 Å². The second-order valence-electron chi connectivity index (χ2n) is 11.7. The lowest BCUT2D eigenvalue weighted by Crippen LogP contribution is -2.34. The lowest BCUT2D eigenvalue weighted by molar-refractivity contribution is 0.0613. The first-order valence-corrected chi connectivity index (χ1v) is 14.6. The number of hydrogen-bond donors (Lipinski definition) is 0. The lowest BCUT2D eigenvalue weighted by Gasteiger charge is -2.45. The highest BCUT2D eigenvalue weighted by Crippen LogP contribution is 2.50. The average Bonchev–Trinajstić information content (AvgIpc) is 2.87. The summed E-state index contributed by atoms with van der Waals surface area (Å²) in [5.41, 5.74) is 1.54. The molecule has 3 fully saturated rings. The fourth-order valence-corrected chi connectivity index (χ4v) is 7.57. The third-order valence-electron chi connectivity index (χ3n) is 9.60. The Bertz CT molecular complexity index is 696. The second kappa shape index (κ2) is 13.0. The molecule has 1 aromatic rings. The van der Waals surface area contributed by atoms with Crippen LogP contribution in [0.1, 0.15) is 122 Å². The summed E-state index contributed by atoms with van der Waals surface area (Å²) < 4.78 is 5.78. The van der Waals surface area contributed by atoms with Crippen molar-refractivity contribution in [1.82, 2.24) is 0 Å². The van der Waals surface area contributed by atoms with Gasteiger partial charge in [0, 0.05) is 0 Å². The van der Waals surface area contributed by atoms with Gasteiger partial charge in [0.2, 0.25) is 0 Å². The van der Waals surface area contributed by atoms with Crippen LogP contribution in [-0.2, 0) is 0 Å². The zero-order valence-electron chi connectivity index (χ0n) is 21.7. The molecule has 3 aliphatic rings. The molecule has 0 amide bonds. The number of fused-ring (bicyclic) bond motifs is 1. The minimum Gasteiger partial charge on any atom is -0.490 e. The van der Waals surface area contributed by atoms with Gasteiger partial charge in [-0.25, -0.2) is 0 Å². The summed E-state index contributed by atoms with van der Waals surface area (Å²) in [6.07, 6.45) is 26.5. The van der Waals surface area contributed by atoms with E-state index in [-0.39, 0.29) is 0 Å². The first-order chi connectivity index (χ1) is 16.3. The molecule has 4 unspecified atom stereocenters. The van der Waals surface area contributed by atoms with E-state index in [2.05, 4.69) is 37.3 Å². The van der Waals surface area contributed by atoms with E-state index >= 15 is 0 Å². The average molecular weight is 451 g/mol. The largest absolute Gasteiger partial charge is 0.490 e. The first kappa shape index (κ1) is 24.9. The maximum absolute atomic E-state index is 5.78. The minimum absolute atomic E-state index is 0.670. The van der Waals surface area contributed by atoms with Crippen LogP contribution in [-0.4, -0.2) is 6.61 Å². The van der Waals surface area contributed by atoms with Crippen molar-refractivity contribution in [2.75, 3.05) is 6.61 Å². The molecule has 0 saturated heterocycles. The van der Waals surface area contributed by atoms with Crippen molar-refractivity contribution in [1.29, 1.82) is 0 Å². The standard InChI is InChI=1S/C32H50O/c1-3-5-7-8-9-25-10-11-31-24-30(17-16-29(31)23-25)28-14-12-26(13-15-28)27-18-20-32(21-19-27)33-22-6-4-2/h4,6,18-21,25-26,28-31H,3,5,7-17,22-24H2,1-2H3/b6-4+. The summed E-state index contributed by atoms with van der Waals surface area (Å²) in [6.45, 7) is 5.04. The molecule has 0 aromatic heterocycles. The van der Waals surface area contributed by atoms with Crippen molar-refractivity contribution >= 4 is 0 Å².